The lowest BCUT2D eigenvalue weighted by atomic mass is 10.1. The average molecular weight is 259 g/mol. The third-order valence-corrected chi connectivity index (χ3v) is 3.43. The SMILES string of the molecule is O=C(O)c1ccc(-n2nnnc2C2CCCC2)cn1. The molecule has 1 aliphatic rings. The van der Waals surface area contributed by atoms with Gasteiger partial charge in [-0.3, -0.25) is 0 Å². The van der Waals surface area contributed by atoms with Gasteiger partial charge in [0.15, 0.2) is 5.82 Å². The van der Waals surface area contributed by atoms with Crippen molar-refractivity contribution < 1.29 is 9.90 Å². The summed E-state index contributed by atoms with van der Waals surface area (Å²) in [5.41, 5.74) is 0.705. The minimum absolute atomic E-state index is 0.0132. The van der Waals surface area contributed by atoms with E-state index in [1.54, 1.807) is 10.7 Å². The first-order chi connectivity index (χ1) is 9.25. The number of carboxylic acids is 1. The van der Waals surface area contributed by atoms with Crippen molar-refractivity contribution in [1.29, 1.82) is 0 Å². The van der Waals surface area contributed by atoms with Crippen LogP contribution in [0.4, 0.5) is 0 Å². The highest BCUT2D eigenvalue weighted by Crippen LogP contribution is 2.33. The smallest absolute Gasteiger partial charge is 0.354 e. The Morgan fingerprint density at radius 3 is 2.74 bits per heavy atom. The Labute approximate surface area is 109 Å². The van der Waals surface area contributed by atoms with E-state index in [2.05, 4.69) is 20.5 Å². The zero-order valence-corrected chi connectivity index (χ0v) is 10.2. The number of tetrazole rings is 1. The van der Waals surface area contributed by atoms with Gasteiger partial charge in [0.2, 0.25) is 0 Å². The molecule has 7 nitrogen and oxygen atoms in total. The number of hydrogen-bond donors (Lipinski definition) is 1. The van der Waals surface area contributed by atoms with E-state index >= 15 is 0 Å². The molecular formula is C12H13N5O2. The summed E-state index contributed by atoms with van der Waals surface area (Å²) < 4.78 is 1.65. The van der Waals surface area contributed by atoms with E-state index in [1.807, 2.05) is 0 Å². The fourth-order valence-corrected chi connectivity index (χ4v) is 2.45. The second-order valence-electron chi connectivity index (χ2n) is 4.64. The van der Waals surface area contributed by atoms with Gasteiger partial charge in [-0.1, -0.05) is 12.8 Å². The average Bonchev–Trinajstić information content (AvgIpc) is 3.09. The van der Waals surface area contributed by atoms with Crippen LogP contribution in [0.2, 0.25) is 0 Å². The predicted octanol–water partition coefficient (Wildman–Crippen LogP) is 1.41. The monoisotopic (exact) mass is 259 g/mol. The number of pyridine rings is 1. The van der Waals surface area contributed by atoms with Crippen molar-refractivity contribution in [2.24, 2.45) is 0 Å². The van der Waals surface area contributed by atoms with Gasteiger partial charge in [0.1, 0.15) is 5.69 Å². The van der Waals surface area contributed by atoms with Crippen molar-refractivity contribution in [3.8, 4) is 5.69 Å². The fraction of sp³-hybridized carbons (Fsp3) is 0.417. The Kier molecular flexibility index (Phi) is 2.94. The summed E-state index contributed by atoms with van der Waals surface area (Å²) in [5, 5.41) is 20.6. The van der Waals surface area contributed by atoms with Gasteiger partial charge in [0.05, 0.1) is 11.9 Å². The Bertz CT molecular complexity index is 586. The number of aromatic carboxylic acids is 1. The van der Waals surface area contributed by atoms with Gasteiger partial charge in [0, 0.05) is 5.92 Å². The van der Waals surface area contributed by atoms with E-state index in [4.69, 9.17) is 5.11 Å². The molecule has 0 saturated heterocycles. The molecule has 2 aromatic rings. The molecule has 1 saturated carbocycles. The molecule has 1 N–H and O–H groups in total. The molecule has 3 rings (SSSR count). The van der Waals surface area contributed by atoms with Gasteiger partial charge >= 0.3 is 5.97 Å². The molecule has 0 bridgehead atoms. The number of carboxylic acid groups (broad SMARTS) is 1. The van der Waals surface area contributed by atoms with E-state index in [9.17, 15) is 4.79 Å². The molecular weight excluding hydrogens is 246 g/mol. The van der Waals surface area contributed by atoms with Crippen LogP contribution in [-0.2, 0) is 0 Å². The molecule has 0 unspecified atom stereocenters. The van der Waals surface area contributed by atoms with Crippen LogP contribution >= 0.6 is 0 Å². The Hall–Kier alpha value is -2.31. The van der Waals surface area contributed by atoms with E-state index in [1.165, 1.54) is 25.1 Å². The van der Waals surface area contributed by atoms with Gasteiger partial charge < -0.3 is 5.11 Å². The highest BCUT2D eigenvalue weighted by atomic mass is 16.4. The van der Waals surface area contributed by atoms with E-state index in [0.29, 0.717) is 11.6 Å². The molecule has 2 aromatic heterocycles. The molecule has 2 heterocycles. The summed E-state index contributed by atoms with van der Waals surface area (Å²) in [6.07, 6.45) is 6.09. The first-order valence-electron chi connectivity index (χ1n) is 6.23. The van der Waals surface area contributed by atoms with Crippen LogP contribution < -0.4 is 0 Å². The van der Waals surface area contributed by atoms with Gasteiger partial charge in [-0.05, 0) is 35.4 Å². The molecule has 0 atom stereocenters. The molecule has 7 heteroatoms. The van der Waals surface area contributed by atoms with E-state index < -0.39 is 5.97 Å². The Balaban J connectivity index is 1.93. The second-order valence-corrected chi connectivity index (χ2v) is 4.64. The predicted molar refractivity (Wildman–Crippen MR) is 65.1 cm³/mol. The van der Waals surface area contributed by atoms with Gasteiger partial charge in [-0.2, -0.15) is 4.68 Å². The molecule has 98 valence electrons. The van der Waals surface area contributed by atoms with Crippen molar-refractivity contribution in [3.63, 3.8) is 0 Å². The van der Waals surface area contributed by atoms with Crippen molar-refractivity contribution in [2.75, 3.05) is 0 Å². The highest BCUT2D eigenvalue weighted by molar-refractivity contribution is 5.85. The summed E-state index contributed by atoms with van der Waals surface area (Å²) in [4.78, 5) is 14.7. The first-order valence-corrected chi connectivity index (χ1v) is 6.23. The molecule has 0 amide bonds. The lowest BCUT2D eigenvalue weighted by molar-refractivity contribution is 0.0690. The van der Waals surface area contributed by atoms with Crippen LogP contribution in [0.25, 0.3) is 5.69 Å². The third kappa shape index (κ3) is 2.18. The normalized spacial score (nSPS) is 15.8. The van der Waals surface area contributed by atoms with Crippen LogP contribution in [0, 0.1) is 0 Å². The third-order valence-electron chi connectivity index (χ3n) is 3.43. The number of nitrogens with zero attached hydrogens (tertiary/aromatic N) is 5. The van der Waals surface area contributed by atoms with Gasteiger partial charge in [-0.15, -0.1) is 5.10 Å². The molecule has 0 spiro atoms. The van der Waals surface area contributed by atoms with Crippen molar-refractivity contribution in [3.05, 3.63) is 29.8 Å². The maximum atomic E-state index is 10.8. The maximum absolute atomic E-state index is 10.8. The van der Waals surface area contributed by atoms with Crippen LogP contribution in [0.1, 0.15) is 47.9 Å². The number of rotatable bonds is 3. The lowest BCUT2D eigenvalue weighted by Crippen LogP contribution is -2.08. The van der Waals surface area contributed by atoms with E-state index in [0.717, 1.165) is 18.7 Å². The van der Waals surface area contributed by atoms with Gasteiger partial charge in [0.25, 0.3) is 0 Å². The highest BCUT2D eigenvalue weighted by Gasteiger charge is 2.23. The maximum Gasteiger partial charge on any atom is 0.354 e. The minimum atomic E-state index is -1.04. The van der Waals surface area contributed by atoms with Gasteiger partial charge in [-0.25, -0.2) is 9.78 Å². The van der Waals surface area contributed by atoms with Crippen LogP contribution in [0.15, 0.2) is 18.3 Å². The summed E-state index contributed by atoms with van der Waals surface area (Å²) in [6, 6.07) is 3.13. The molecule has 0 radical (unpaired) electrons. The number of carbonyl (C=O) groups is 1. The topological polar surface area (TPSA) is 93.8 Å². The molecule has 19 heavy (non-hydrogen) atoms. The first kappa shape index (κ1) is 11.8. The van der Waals surface area contributed by atoms with Crippen LogP contribution in [-0.4, -0.2) is 36.3 Å². The minimum Gasteiger partial charge on any atom is -0.477 e. The molecule has 0 aliphatic heterocycles. The van der Waals surface area contributed by atoms with Crippen LogP contribution in [0.5, 0.6) is 0 Å². The molecule has 1 aliphatic carbocycles. The summed E-state index contributed by atoms with van der Waals surface area (Å²) in [6.45, 7) is 0. The van der Waals surface area contributed by atoms with Crippen molar-refractivity contribution in [2.45, 2.75) is 31.6 Å². The van der Waals surface area contributed by atoms with Crippen molar-refractivity contribution >= 4 is 5.97 Å². The largest absolute Gasteiger partial charge is 0.477 e. The van der Waals surface area contributed by atoms with E-state index in [-0.39, 0.29) is 5.69 Å². The Morgan fingerprint density at radius 2 is 2.11 bits per heavy atom. The summed E-state index contributed by atoms with van der Waals surface area (Å²) in [7, 11) is 0. The quantitative estimate of drug-likeness (QED) is 0.895. The summed E-state index contributed by atoms with van der Waals surface area (Å²) in [5.74, 6) is 0.177. The number of aromatic nitrogens is 5. The zero-order chi connectivity index (χ0) is 13.2. The zero-order valence-electron chi connectivity index (χ0n) is 10.2. The summed E-state index contributed by atoms with van der Waals surface area (Å²) >= 11 is 0. The number of hydrogen-bond acceptors (Lipinski definition) is 5. The standard InChI is InChI=1S/C12H13N5O2/c18-12(19)10-6-5-9(7-13-10)17-11(14-15-16-17)8-3-1-2-4-8/h5-8H,1-4H2,(H,18,19). The van der Waals surface area contributed by atoms with Crippen LogP contribution in [0.3, 0.4) is 0 Å². The fourth-order valence-electron chi connectivity index (χ4n) is 2.45. The molecule has 1 fully saturated rings. The van der Waals surface area contributed by atoms with Crippen molar-refractivity contribution in [1.82, 2.24) is 25.2 Å². The lowest BCUT2D eigenvalue weighted by Gasteiger charge is -2.09. The molecule has 0 aromatic carbocycles. The Morgan fingerprint density at radius 1 is 1.32 bits per heavy atom. The second kappa shape index (κ2) is 4.75.